The summed E-state index contributed by atoms with van der Waals surface area (Å²) < 4.78 is 23.7. The van der Waals surface area contributed by atoms with Crippen molar-refractivity contribution in [1.29, 1.82) is 0 Å². The Hall–Kier alpha value is -1.60. The molecule has 1 aromatic rings. The summed E-state index contributed by atoms with van der Waals surface area (Å²) in [5, 5.41) is 7.42. The fraction of sp³-hybridized carbons (Fsp3) is 0.222. The maximum Gasteiger partial charge on any atom is 0.296 e. The van der Waals surface area contributed by atoms with Crippen LogP contribution in [0.2, 0.25) is 0 Å². The van der Waals surface area contributed by atoms with Crippen molar-refractivity contribution in [3.05, 3.63) is 23.8 Å². The third kappa shape index (κ3) is 3.87. The van der Waals surface area contributed by atoms with E-state index in [-0.39, 0.29) is 5.91 Å². The molecule has 0 heterocycles. The molecule has 4 N–H and O–H groups in total. The summed E-state index contributed by atoms with van der Waals surface area (Å²) in [7, 11) is -3.80. The summed E-state index contributed by atoms with van der Waals surface area (Å²) in [6, 6.07) is 4.74. The molecule has 0 fully saturated rings. The van der Waals surface area contributed by atoms with Gasteiger partial charge in [0.15, 0.2) is 0 Å². The molecular weight excluding hydrogens is 230 g/mol. The van der Waals surface area contributed by atoms with Crippen LogP contribution in [0.25, 0.3) is 0 Å². The molecule has 1 rings (SSSR count). The predicted octanol–water partition coefficient (Wildman–Crippen LogP) is 0.569. The molecule has 0 atom stereocenters. The molecule has 7 heteroatoms. The Morgan fingerprint density at radius 1 is 1.38 bits per heavy atom. The van der Waals surface area contributed by atoms with Gasteiger partial charge in [-0.15, -0.1) is 0 Å². The van der Waals surface area contributed by atoms with E-state index < -0.39 is 10.2 Å². The number of anilines is 2. The summed E-state index contributed by atoms with van der Waals surface area (Å²) in [6.45, 7) is 3.17. The number of nitrogens with one attached hydrogen (secondary N) is 2. The Morgan fingerprint density at radius 2 is 2.00 bits per heavy atom. The number of amides is 1. The van der Waals surface area contributed by atoms with Gasteiger partial charge < -0.3 is 5.32 Å². The van der Waals surface area contributed by atoms with Gasteiger partial charge in [0, 0.05) is 12.6 Å². The van der Waals surface area contributed by atoms with Crippen molar-refractivity contribution >= 4 is 27.5 Å². The highest BCUT2D eigenvalue weighted by atomic mass is 32.2. The molecule has 0 aliphatic heterocycles. The summed E-state index contributed by atoms with van der Waals surface area (Å²) in [5.41, 5.74) is 1.67. The van der Waals surface area contributed by atoms with Crippen LogP contribution in [0.15, 0.2) is 18.2 Å². The van der Waals surface area contributed by atoms with Gasteiger partial charge in [-0.2, -0.15) is 8.42 Å². The van der Waals surface area contributed by atoms with Crippen LogP contribution in [0, 0.1) is 6.92 Å². The molecule has 88 valence electrons. The minimum atomic E-state index is -3.80. The molecule has 0 aliphatic rings. The summed E-state index contributed by atoms with van der Waals surface area (Å²) in [4.78, 5) is 10.9. The van der Waals surface area contributed by atoms with Gasteiger partial charge in [-0.25, -0.2) is 5.14 Å². The molecule has 0 saturated carbocycles. The van der Waals surface area contributed by atoms with Crippen molar-refractivity contribution in [2.24, 2.45) is 5.14 Å². The fourth-order valence-electron chi connectivity index (χ4n) is 1.17. The molecule has 0 aromatic heterocycles. The van der Waals surface area contributed by atoms with Crippen LogP contribution in [0.3, 0.4) is 0 Å². The lowest BCUT2D eigenvalue weighted by Crippen LogP contribution is -2.21. The van der Waals surface area contributed by atoms with E-state index >= 15 is 0 Å². The van der Waals surface area contributed by atoms with Crippen molar-refractivity contribution in [3.63, 3.8) is 0 Å². The highest BCUT2D eigenvalue weighted by Crippen LogP contribution is 2.20. The highest BCUT2D eigenvalue weighted by Gasteiger charge is 2.05. The molecule has 16 heavy (non-hydrogen) atoms. The van der Waals surface area contributed by atoms with Gasteiger partial charge in [0.05, 0.1) is 5.69 Å². The topological polar surface area (TPSA) is 101 Å². The molecule has 0 bridgehead atoms. The second kappa shape index (κ2) is 4.50. The van der Waals surface area contributed by atoms with E-state index in [2.05, 4.69) is 10.0 Å². The first-order valence-electron chi connectivity index (χ1n) is 4.47. The minimum absolute atomic E-state index is 0.226. The van der Waals surface area contributed by atoms with E-state index in [1.54, 1.807) is 19.1 Å². The first-order chi connectivity index (χ1) is 7.28. The van der Waals surface area contributed by atoms with Gasteiger partial charge in [0.2, 0.25) is 5.91 Å². The van der Waals surface area contributed by atoms with E-state index in [0.29, 0.717) is 11.4 Å². The minimum Gasteiger partial charge on any atom is -0.326 e. The quantitative estimate of drug-likeness (QED) is 0.723. The second-order valence-corrected chi connectivity index (χ2v) is 4.65. The number of benzene rings is 1. The van der Waals surface area contributed by atoms with Crippen LogP contribution in [0.4, 0.5) is 11.4 Å². The zero-order valence-electron chi connectivity index (χ0n) is 8.94. The van der Waals surface area contributed by atoms with E-state index in [9.17, 15) is 13.2 Å². The van der Waals surface area contributed by atoms with Crippen molar-refractivity contribution in [3.8, 4) is 0 Å². The van der Waals surface area contributed by atoms with Gasteiger partial charge >= 0.3 is 0 Å². The Kier molecular flexibility index (Phi) is 3.51. The average molecular weight is 243 g/mol. The molecular formula is C9H13N3O3S. The Balaban J connectivity index is 3.02. The van der Waals surface area contributed by atoms with E-state index in [1.807, 2.05) is 0 Å². The van der Waals surface area contributed by atoms with Gasteiger partial charge in [-0.05, 0) is 24.6 Å². The molecule has 0 radical (unpaired) electrons. The monoisotopic (exact) mass is 243 g/mol. The van der Waals surface area contributed by atoms with Crippen LogP contribution >= 0.6 is 0 Å². The van der Waals surface area contributed by atoms with Crippen molar-refractivity contribution in [2.75, 3.05) is 10.0 Å². The number of carbonyl (C=O) groups excluding carboxylic acids is 1. The van der Waals surface area contributed by atoms with Crippen molar-refractivity contribution in [1.82, 2.24) is 0 Å². The lowest BCUT2D eigenvalue weighted by Gasteiger charge is -2.09. The first kappa shape index (κ1) is 12.5. The Labute approximate surface area is 94.0 Å². The third-order valence-corrected chi connectivity index (χ3v) is 2.33. The molecule has 0 saturated heterocycles. The molecule has 0 unspecified atom stereocenters. The van der Waals surface area contributed by atoms with E-state index in [1.165, 1.54) is 13.0 Å². The number of hydrogen-bond acceptors (Lipinski definition) is 3. The molecule has 0 aliphatic carbocycles. The van der Waals surface area contributed by atoms with Crippen LogP contribution < -0.4 is 15.2 Å². The van der Waals surface area contributed by atoms with Crippen LogP contribution in [-0.4, -0.2) is 14.3 Å². The second-order valence-electron chi connectivity index (χ2n) is 3.36. The predicted molar refractivity (Wildman–Crippen MR) is 62.2 cm³/mol. The standard InChI is InChI=1S/C9H13N3O3S/c1-6-3-4-8(12-16(10,14)15)5-9(6)11-7(2)13/h3-5,12H,1-2H3,(H,11,13)(H2,10,14,15). The van der Waals surface area contributed by atoms with Gasteiger partial charge in [0.25, 0.3) is 10.2 Å². The maximum absolute atomic E-state index is 10.9. The van der Waals surface area contributed by atoms with Crippen molar-refractivity contribution < 1.29 is 13.2 Å². The lowest BCUT2D eigenvalue weighted by atomic mass is 10.2. The SMILES string of the molecule is CC(=O)Nc1cc(NS(N)(=O)=O)ccc1C. The van der Waals surface area contributed by atoms with E-state index in [0.717, 1.165) is 5.56 Å². The number of rotatable bonds is 3. The molecule has 6 nitrogen and oxygen atoms in total. The fourth-order valence-corrected chi connectivity index (χ4v) is 1.63. The lowest BCUT2D eigenvalue weighted by molar-refractivity contribution is -0.114. The summed E-state index contributed by atoms with van der Waals surface area (Å²) in [6.07, 6.45) is 0. The molecule has 0 spiro atoms. The number of carbonyl (C=O) groups is 1. The number of nitrogens with two attached hydrogens (primary N) is 1. The maximum atomic E-state index is 10.9. The van der Waals surface area contributed by atoms with Crippen LogP contribution in [-0.2, 0) is 15.0 Å². The molecule has 1 aromatic carbocycles. The largest absolute Gasteiger partial charge is 0.326 e. The first-order valence-corrected chi connectivity index (χ1v) is 6.01. The number of hydrogen-bond donors (Lipinski definition) is 3. The highest BCUT2D eigenvalue weighted by molar-refractivity contribution is 7.90. The van der Waals surface area contributed by atoms with E-state index in [4.69, 9.17) is 5.14 Å². The van der Waals surface area contributed by atoms with Gasteiger partial charge in [0.1, 0.15) is 0 Å². The Morgan fingerprint density at radius 3 is 2.50 bits per heavy atom. The Bertz CT molecular complexity index is 511. The summed E-state index contributed by atoms with van der Waals surface area (Å²) in [5.74, 6) is -0.226. The van der Waals surface area contributed by atoms with Gasteiger partial charge in [-0.3, -0.25) is 9.52 Å². The molecule has 1 amide bonds. The normalized spacial score (nSPS) is 10.9. The smallest absolute Gasteiger partial charge is 0.296 e. The average Bonchev–Trinajstić information content (AvgIpc) is 2.07. The third-order valence-electron chi connectivity index (χ3n) is 1.81. The van der Waals surface area contributed by atoms with Crippen LogP contribution in [0.1, 0.15) is 12.5 Å². The summed E-state index contributed by atoms with van der Waals surface area (Å²) >= 11 is 0. The van der Waals surface area contributed by atoms with Crippen molar-refractivity contribution in [2.45, 2.75) is 13.8 Å². The zero-order valence-corrected chi connectivity index (χ0v) is 9.76. The van der Waals surface area contributed by atoms with Crippen LogP contribution in [0.5, 0.6) is 0 Å². The zero-order chi connectivity index (χ0) is 12.3. The number of aryl methyl sites for hydroxylation is 1. The van der Waals surface area contributed by atoms with Gasteiger partial charge in [-0.1, -0.05) is 6.07 Å².